The molecule has 0 saturated heterocycles. The van der Waals surface area contributed by atoms with E-state index in [1.165, 1.54) is 4.90 Å². The van der Waals surface area contributed by atoms with E-state index >= 15 is 0 Å². The summed E-state index contributed by atoms with van der Waals surface area (Å²) >= 11 is 0. The van der Waals surface area contributed by atoms with Crippen molar-refractivity contribution in [2.45, 2.75) is 13.8 Å². The van der Waals surface area contributed by atoms with E-state index in [0.29, 0.717) is 11.7 Å². The van der Waals surface area contributed by atoms with Crippen LogP contribution < -0.4 is 4.74 Å². The molecule has 5 nitrogen and oxygen atoms in total. The Balaban J connectivity index is 2.86. The molecule has 1 amide bonds. The van der Waals surface area contributed by atoms with Gasteiger partial charge in [-0.05, 0) is 13.8 Å². The third-order valence-corrected chi connectivity index (χ3v) is 1.59. The molecule has 0 spiro atoms. The smallest absolute Gasteiger partial charge is 0.391 e. The van der Waals surface area contributed by atoms with Crippen LogP contribution in [-0.4, -0.2) is 35.1 Å². The lowest BCUT2D eigenvalue weighted by Gasteiger charge is -2.11. The molecule has 0 aliphatic rings. The van der Waals surface area contributed by atoms with E-state index in [9.17, 15) is 4.79 Å². The standard InChI is InChI=1S/C9H13N3O2/c1-6-5-10-7(2)11-8(6)14-9(13)12(3)4/h5H,1-4H3. The van der Waals surface area contributed by atoms with Crippen molar-refractivity contribution in [3.63, 3.8) is 0 Å². The predicted octanol–water partition coefficient (Wildman–Crippen LogP) is 1.15. The first-order chi connectivity index (χ1) is 6.50. The van der Waals surface area contributed by atoms with E-state index < -0.39 is 6.09 Å². The highest BCUT2D eigenvalue weighted by Crippen LogP contribution is 2.13. The monoisotopic (exact) mass is 195 g/mol. The molecule has 0 aliphatic heterocycles. The summed E-state index contributed by atoms with van der Waals surface area (Å²) in [6.07, 6.45) is 1.19. The van der Waals surface area contributed by atoms with E-state index in [4.69, 9.17) is 4.74 Å². The molecule has 0 saturated carbocycles. The zero-order valence-electron chi connectivity index (χ0n) is 8.74. The highest BCUT2D eigenvalue weighted by atomic mass is 16.6. The molecule has 76 valence electrons. The van der Waals surface area contributed by atoms with Crippen molar-refractivity contribution in [2.24, 2.45) is 0 Å². The molecule has 0 fully saturated rings. The van der Waals surface area contributed by atoms with E-state index in [1.807, 2.05) is 0 Å². The minimum atomic E-state index is -0.439. The average molecular weight is 195 g/mol. The first-order valence-electron chi connectivity index (χ1n) is 4.20. The fourth-order valence-electron chi connectivity index (χ4n) is 0.787. The number of amides is 1. The summed E-state index contributed by atoms with van der Waals surface area (Å²) in [6, 6.07) is 0. The normalized spacial score (nSPS) is 9.71. The molecular weight excluding hydrogens is 182 g/mol. The van der Waals surface area contributed by atoms with E-state index in [2.05, 4.69) is 9.97 Å². The summed E-state index contributed by atoms with van der Waals surface area (Å²) in [5.41, 5.74) is 0.741. The molecule has 1 heterocycles. The van der Waals surface area contributed by atoms with Crippen molar-refractivity contribution in [2.75, 3.05) is 14.1 Å². The van der Waals surface area contributed by atoms with Crippen molar-refractivity contribution >= 4 is 6.09 Å². The number of nitrogens with zero attached hydrogens (tertiary/aromatic N) is 3. The largest absolute Gasteiger partial charge is 0.416 e. The Hall–Kier alpha value is -1.65. The first kappa shape index (κ1) is 10.4. The SMILES string of the molecule is Cc1ncc(C)c(OC(=O)N(C)C)n1. The van der Waals surface area contributed by atoms with Gasteiger partial charge in [0, 0.05) is 25.9 Å². The van der Waals surface area contributed by atoms with Gasteiger partial charge in [0.1, 0.15) is 5.82 Å². The summed E-state index contributed by atoms with van der Waals surface area (Å²) in [4.78, 5) is 20.6. The summed E-state index contributed by atoms with van der Waals surface area (Å²) in [5, 5.41) is 0. The Bertz CT molecular complexity index is 350. The Labute approximate surface area is 82.7 Å². The van der Waals surface area contributed by atoms with E-state index in [0.717, 1.165) is 5.56 Å². The van der Waals surface area contributed by atoms with E-state index in [-0.39, 0.29) is 0 Å². The predicted molar refractivity (Wildman–Crippen MR) is 51.2 cm³/mol. The molecule has 5 heteroatoms. The van der Waals surface area contributed by atoms with Crippen molar-refractivity contribution in [1.29, 1.82) is 0 Å². The number of carbonyl (C=O) groups excluding carboxylic acids is 1. The fourth-order valence-corrected chi connectivity index (χ4v) is 0.787. The van der Waals surface area contributed by atoms with Crippen LogP contribution >= 0.6 is 0 Å². The topological polar surface area (TPSA) is 55.3 Å². The average Bonchev–Trinajstić information content (AvgIpc) is 2.11. The number of ether oxygens (including phenoxy) is 1. The summed E-state index contributed by atoms with van der Waals surface area (Å²) < 4.78 is 5.02. The van der Waals surface area contributed by atoms with Crippen LogP contribution in [0.1, 0.15) is 11.4 Å². The van der Waals surface area contributed by atoms with Crippen LogP contribution in [0.25, 0.3) is 0 Å². The lowest BCUT2D eigenvalue weighted by atomic mass is 10.4. The number of rotatable bonds is 1. The molecule has 0 aliphatic carbocycles. The van der Waals surface area contributed by atoms with Crippen LogP contribution in [0.2, 0.25) is 0 Å². The molecule has 0 atom stereocenters. The van der Waals surface area contributed by atoms with Crippen molar-refractivity contribution < 1.29 is 9.53 Å². The molecule has 1 aromatic heterocycles. The van der Waals surface area contributed by atoms with Gasteiger partial charge in [-0.15, -0.1) is 0 Å². The van der Waals surface area contributed by atoms with E-state index in [1.54, 1.807) is 34.1 Å². The second-order valence-corrected chi connectivity index (χ2v) is 3.17. The van der Waals surface area contributed by atoms with Gasteiger partial charge in [-0.25, -0.2) is 9.78 Å². The molecule has 0 unspecified atom stereocenters. The Morgan fingerprint density at radius 3 is 2.64 bits per heavy atom. The summed E-state index contributed by atoms with van der Waals surface area (Å²) in [7, 11) is 3.23. The van der Waals surface area contributed by atoms with Crippen molar-refractivity contribution in [3.8, 4) is 5.88 Å². The van der Waals surface area contributed by atoms with Crippen molar-refractivity contribution in [1.82, 2.24) is 14.9 Å². The molecule has 1 aromatic rings. The Morgan fingerprint density at radius 2 is 2.07 bits per heavy atom. The maximum absolute atomic E-state index is 11.2. The minimum absolute atomic E-state index is 0.316. The van der Waals surface area contributed by atoms with Crippen LogP contribution in [0, 0.1) is 13.8 Å². The van der Waals surface area contributed by atoms with Gasteiger partial charge in [-0.2, -0.15) is 4.98 Å². The van der Waals surface area contributed by atoms with Crippen LogP contribution in [0.4, 0.5) is 4.79 Å². The second-order valence-electron chi connectivity index (χ2n) is 3.17. The number of hydrogen-bond donors (Lipinski definition) is 0. The molecule has 14 heavy (non-hydrogen) atoms. The number of hydrogen-bond acceptors (Lipinski definition) is 4. The third kappa shape index (κ3) is 2.42. The van der Waals surface area contributed by atoms with Gasteiger partial charge in [0.2, 0.25) is 5.88 Å². The van der Waals surface area contributed by atoms with Gasteiger partial charge in [-0.1, -0.05) is 0 Å². The number of aromatic nitrogens is 2. The summed E-state index contributed by atoms with van der Waals surface area (Å²) in [5.74, 6) is 0.897. The summed E-state index contributed by atoms with van der Waals surface area (Å²) in [6.45, 7) is 3.53. The van der Waals surface area contributed by atoms with Crippen LogP contribution in [0.5, 0.6) is 5.88 Å². The van der Waals surface area contributed by atoms with Gasteiger partial charge in [0.15, 0.2) is 0 Å². The number of aryl methyl sites for hydroxylation is 2. The van der Waals surface area contributed by atoms with Gasteiger partial charge in [0.05, 0.1) is 0 Å². The third-order valence-electron chi connectivity index (χ3n) is 1.59. The second kappa shape index (κ2) is 4.04. The van der Waals surface area contributed by atoms with Crippen molar-refractivity contribution in [3.05, 3.63) is 17.6 Å². The van der Waals surface area contributed by atoms with Crippen LogP contribution in [0.15, 0.2) is 6.20 Å². The minimum Gasteiger partial charge on any atom is -0.391 e. The fraction of sp³-hybridized carbons (Fsp3) is 0.444. The van der Waals surface area contributed by atoms with Crippen LogP contribution in [0.3, 0.4) is 0 Å². The van der Waals surface area contributed by atoms with Gasteiger partial charge < -0.3 is 9.64 Å². The quantitative estimate of drug-likeness (QED) is 0.674. The Morgan fingerprint density at radius 1 is 1.43 bits per heavy atom. The highest BCUT2D eigenvalue weighted by molar-refractivity contribution is 5.69. The zero-order chi connectivity index (χ0) is 10.7. The maximum atomic E-state index is 11.2. The lowest BCUT2D eigenvalue weighted by Crippen LogP contribution is -2.26. The highest BCUT2D eigenvalue weighted by Gasteiger charge is 2.10. The van der Waals surface area contributed by atoms with Gasteiger partial charge >= 0.3 is 6.09 Å². The molecule has 0 radical (unpaired) electrons. The zero-order valence-corrected chi connectivity index (χ0v) is 8.74. The van der Waals surface area contributed by atoms with Gasteiger partial charge in [0.25, 0.3) is 0 Å². The molecular formula is C9H13N3O2. The first-order valence-corrected chi connectivity index (χ1v) is 4.20. The Kier molecular flexibility index (Phi) is 3.01. The number of carbonyl (C=O) groups is 1. The van der Waals surface area contributed by atoms with Crippen LogP contribution in [-0.2, 0) is 0 Å². The van der Waals surface area contributed by atoms with Gasteiger partial charge in [-0.3, -0.25) is 0 Å². The molecule has 0 N–H and O–H groups in total. The lowest BCUT2D eigenvalue weighted by molar-refractivity contribution is 0.169. The molecule has 0 aromatic carbocycles. The molecule has 0 bridgehead atoms. The molecule has 1 rings (SSSR count). The maximum Gasteiger partial charge on any atom is 0.416 e.